The van der Waals surface area contributed by atoms with Crippen LogP contribution in [0.5, 0.6) is 0 Å². The molecular weight excluding hydrogens is 178 g/mol. The molecule has 5 atom stereocenters. The average molecular weight is 197 g/mol. The first-order valence-electron chi connectivity index (χ1n) is 5.58. The fraction of sp³-hybridized carbons (Fsp3) is 0.909. The Morgan fingerprint density at radius 3 is 2.36 bits per heavy atom. The zero-order chi connectivity index (χ0) is 10.3. The average Bonchev–Trinajstić information content (AvgIpc) is 2.08. The van der Waals surface area contributed by atoms with E-state index in [1.807, 2.05) is 0 Å². The summed E-state index contributed by atoms with van der Waals surface area (Å²) in [5.41, 5.74) is 0. The highest BCUT2D eigenvalue weighted by atomic mass is 16.4. The molecule has 0 saturated heterocycles. The van der Waals surface area contributed by atoms with Gasteiger partial charge in [0.1, 0.15) is 0 Å². The van der Waals surface area contributed by atoms with Crippen molar-refractivity contribution in [3.63, 3.8) is 0 Å². The van der Waals surface area contributed by atoms with Gasteiger partial charge in [-0.1, -0.05) is 13.8 Å². The van der Waals surface area contributed by atoms with Crippen LogP contribution in [-0.4, -0.2) is 23.2 Å². The Hall–Kier alpha value is -0.570. The lowest BCUT2D eigenvalue weighted by Crippen LogP contribution is -2.57. The summed E-state index contributed by atoms with van der Waals surface area (Å²) >= 11 is 0. The van der Waals surface area contributed by atoms with E-state index in [0.717, 1.165) is 18.8 Å². The molecule has 0 radical (unpaired) electrons. The first-order chi connectivity index (χ1) is 6.59. The van der Waals surface area contributed by atoms with Crippen LogP contribution in [0.4, 0.5) is 0 Å². The van der Waals surface area contributed by atoms with Crippen LogP contribution >= 0.6 is 0 Å². The van der Waals surface area contributed by atoms with Gasteiger partial charge in [-0.25, -0.2) is 0 Å². The van der Waals surface area contributed by atoms with Crippen molar-refractivity contribution < 1.29 is 9.90 Å². The van der Waals surface area contributed by atoms with E-state index in [-0.39, 0.29) is 12.0 Å². The Bertz CT molecular complexity index is 241. The molecule has 0 amide bonds. The fourth-order valence-electron chi connectivity index (χ4n) is 2.52. The van der Waals surface area contributed by atoms with Gasteiger partial charge in [-0.3, -0.25) is 4.79 Å². The van der Waals surface area contributed by atoms with Gasteiger partial charge >= 0.3 is 5.97 Å². The number of carboxylic acids is 1. The number of hydrogen-bond donors (Lipinski definition) is 2. The molecular formula is C11H19NO2. The predicted octanol–water partition coefficient (Wildman–Crippen LogP) is 1.48. The van der Waals surface area contributed by atoms with Gasteiger partial charge in [0, 0.05) is 12.1 Å². The lowest BCUT2D eigenvalue weighted by atomic mass is 9.69. The Morgan fingerprint density at radius 1 is 1.29 bits per heavy atom. The molecule has 2 saturated carbocycles. The zero-order valence-corrected chi connectivity index (χ0v) is 8.86. The molecule has 3 heteroatoms. The summed E-state index contributed by atoms with van der Waals surface area (Å²) in [5.74, 6) is 0.757. The van der Waals surface area contributed by atoms with Crippen molar-refractivity contribution in [2.75, 3.05) is 0 Å². The summed E-state index contributed by atoms with van der Waals surface area (Å²) in [6.45, 7) is 4.51. The molecule has 2 rings (SSSR count). The minimum atomic E-state index is -0.631. The molecule has 2 aliphatic carbocycles. The van der Waals surface area contributed by atoms with Crippen molar-refractivity contribution in [2.45, 2.75) is 45.2 Å². The first kappa shape index (κ1) is 9.97. The number of carbonyl (C=O) groups is 1. The third-order valence-electron chi connectivity index (χ3n) is 4.18. The smallest absolute Gasteiger partial charge is 0.308 e. The van der Waals surface area contributed by atoms with Gasteiger partial charge in [0.2, 0.25) is 0 Å². The molecule has 0 aliphatic heterocycles. The first-order valence-corrected chi connectivity index (χ1v) is 5.58. The number of aliphatic carboxylic acids is 1. The van der Waals surface area contributed by atoms with Crippen LogP contribution in [0, 0.1) is 17.8 Å². The normalized spacial score (nSPS) is 46.6. The second-order valence-corrected chi connectivity index (χ2v) is 4.97. The van der Waals surface area contributed by atoms with Crippen molar-refractivity contribution >= 4 is 5.97 Å². The highest BCUT2D eigenvalue weighted by Gasteiger charge is 2.42. The van der Waals surface area contributed by atoms with E-state index in [0.29, 0.717) is 12.0 Å². The third kappa shape index (κ3) is 1.54. The van der Waals surface area contributed by atoms with Gasteiger partial charge in [-0.15, -0.1) is 0 Å². The Morgan fingerprint density at radius 2 is 2.00 bits per heavy atom. The van der Waals surface area contributed by atoms with E-state index >= 15 is 0 Å². The van der Waals surface area contributed by atoms with Crippen molar-refractivity contribution in [3.05, 3.63) is 0 Å². The maximum atomic E-state index is 10.8. The van der Waals surface area contributed by atoms with E-state index in [1.54, 1.807) is 0 Å². The van der Waals surface area contributed by atoms with Gasteiger partial charge in [-0.05, 0) is 31.1 Å². The molecule has 0 spiro atoms. The number of hydrogen-bond acceptors (Lipinski definition) is 2. The summed E-state index contributed by atoms with van der Waals surface area (Å²) in [6, 6.07) is 0.810. The SMILES string of the molecule is CC1CC(NC2CCC2C(=O)O)C1C. The van der Waals surface area contributed by atoms with Crippen LogP contribution in [0.2, 0.25) is 0 Å². The minimum absolute atomic E-state index is 0.127. The van der Waals surface area contributed by atoms with E-state index < -0.39 is 5.97 Å². The van der Waals surface area contributed by atoms with Crippen LogP contribution < -0.4 is 5.32 Å². The second-order valence-electron chi connectivity index (χ2n) is 4.97. The predicted molar refractivity (Wildman–Crippen MR) is 54.0 cm³/mol. The highest BCUT2D eigenvalue weighted by Crippen LogP contribution is 2.37. The summed E-state index contributed by atoms with van der Waals surface area (Å²) in [4.78, 5) is 10.8. The number of carboxylic acid groups (broad SMARTS) is 1. The number of nitrogens with one attached hydrogen (secondary N) is 1. The molecule has 80 valence electrons. The summed E-state index contributed by atoms with van der Waals surface area (Å²) in [6.07, 6.45) is 3.10. The maximum Gasteiger partial charge on any atom is 0.308 e. The van der Waals surface area contributed by atoms with Crippen molar-refractivity contribution in [1.82, 2.24) is 5.32 Å². The lowest BCUT2D eigenvalue weighted by Gasteiger charge is -2.46. The van der Waals surface area contributed by atoms with Gasteiger partial charge in [0.25, 0.3) is 0 Å². The highest BCUT2D eigenvalue weighted by molar-refractivity contribution is 5.72. The van der Waals surface area contributed by atoms with Crippen LogP contribution in [-0.2, 0) is 4.79 Å². The van der Waals surface area contributed by atoms with E-state index in [2.05, 4.69) is 19.2 Å². The van der Waals surface area contributed by atoms with Crippen LogP contribution in [0.25, 0.3) is 0 Å². The molecule has 2 aliphatic rings. The standard InChI is InChI=1S/C11H19NO2/c1-6-5-10(7(6)2)12-9-4-3-8(9)11(13)14/h6-10,12H,3-5H2,1-2H3,(H,13,14). The quantitative estimate of drug-likeness (QED) is 0.720. The summed E-state index contributed by atoms with van der Waals surface area (Å²) < 4.78 is 0. The molecule has 3 nitrogen and oxygen atoms in total. The van der Waals surface area contributed by atoms with Crippen molar-refractivity contribution in [3.8, 4) is 0 Å². The lowest BCUT2D eigenvalue weighted by molar-refractivity contribution is -0.146. The molecule has 0 aromatic heterocycles. The second kappa shape index (κ2) is 3.54. The van der Waals surface area contributed by atoms with Crippen molar-refractivity contribution in [2.24, 2.45) is 17.8 Å². The molecule has 5 unspecified atom stereocenters. The molecule has 0 heterocycles. The topological polar surface area (TPSA) is 49.3 Å². The monoisotopic (exact) mass is 197 g/mol. The molecule has 0 aromatic carbocycles. The van der Waals surface area contributed by atoms with E-state index in [1.165, 1.54) is 6.42 Å². The van der Waals surface area contributed by atoms with Gasteiger partial charge in [-0.2, -0.15) is 0 Å². The molecule has 0 aromatic rings. The van der Waals surface area contributed by atoms with E-state index in [9.17, 15) is 4.79 Å². The molecule has 2 fully saturated rings. The summed E-state index contributed by atoms with van der Waals surface area (Å²) in [7, 11) is 0. The zero-order valence-electron chi connectivity index (χ0n) is 8.86. The van der Waals surface area contributed by atoms with Crippen LogP contribution in [0.15, 0.2) is 0 Å². The van der Waals surface area contributed by atoms with Crippen LogP contribution in [0.3, 0.4) is 0 Å². The number of rotatable bonds is 3. The Kier molecular flexibility index (Phi) is 2.52. The van der Waals surface area contributed by atoms with Gasteiger partial charge in [0.15, 0.2) is 0 Å². The maximum absolute atomic E-state index is 10.8. The summed E-state index contributed by atoms with van der Waals surface area (Å²) in [5, 5.41) is 12.4. The Balaban J connectivity index is 1.79. The molecule has 14 heavy (non-hydrogen) atoms. The van der Waals surface area contributed by atoms with E-state index in [4.69, 9.17) is 5.11 Å². The largest absolute Gasteiger partial charge is 0.481 e. The molecule has 0 bridgehead atoms. The third-order valence-corrected chi connectivity index (χ3v) is 4.18. The minimum Gasteiger partial charge on any atom is -0.481 e. The van der Waals surface area contributed by atoms with Crippen molar-refractivity contribution in [1.29, 1.82) is 0 Å². The Labute approximate surface area is 84.9 Å². The van der Waals surface area contributed by atoms with Gasteiger partial charge < -0.3 is 10.4 Å². The van der Waals surface area contributed by atoms with Crippen LogP contribution in [0.1, 0.15) is 33.1 Å². The van der Waals surface area contributed by atoms with Gasteiger partial charge in [0.05, 0.1) is 5.92 Å². The fourth-order valence-corrected chi connectivity index (χ4v) is 2.52. The molecule has 2 N–H and O–H groups in total.